The number of aliphatic hydroxyl groups is 1. The van der Waals surface area contributed by atoms with E-state index >= 15 is 0 Å². The minimum absolute atomic E-state index is 0.0243. The number of hydrogen-bond acceptors (Lipinski definition) is 7. The lowest BCUT2D eigenvalue weighted by Crippen LogP contribution is -2.53. The fraction of sp³-hybridized carbons (Fsp3) is 0.444. The van der Waals surface area contributed by atoms with Crippen molar-refractivity contribution < 1.29 is 14.7 Å². The molecule has 1 saturated heterocycles. The number of aryl methyl sites for hydroxylation is 1. The lowest BCUT2D eigenvalue weighted by Gasteiger charge is -2.31. The minimum atomic E-state index is -0.599. The van der Waals surface area contributed by atoms with Gasteiger partial charge in [0.05, 0.1) is 18.3 Å². The Bertz CT molecular complexity index is 1100. The van der Waals surface area contributed by atoms with Gasteiger partial charge in [0.1, 0.15) is 12.1 Å². The van der Waals surface area contributed by atoms with Gasteiger partial charge in [-0.3, -0.25) is 14.6 Å². The van der Waals surface area contributed by atoms with Gasteiger partial charge in [0.2, 0.25) is 11.8 Å². The molecule has 0 radical (unpaired) electrons. The highest BCUT2D eigenvalue weighted by molar-refractivity contribution is 5.90. The number of nitrogens with one attached hydrogen (secondary N) is 3. The molecule has 0 aliphatic carbocycles. The summed E-state index contributed by atoms with van der Waals surface area (Å²) in [6.07, 6.45) is 4.61. The Labute approximate surface area is 212 Å². The molecule has 9 heteroatoms. The van der Waals surface area contributed by atoms with Crippen LogP contribution in [0.25, 0.3) is 11.1 Å². The number of carbonyl (C=O) groups excluding carboxylic acids is 2. The monoisotopic (exact) mass is 492 g/mol. The number of likely N-dealkylation sites (tertiary alicyclic amines) is 1. The Balaban J connectivity index is 1.71. The van der Waals surface area contributed by atoms with Crippen molar-refractivity contribution >= 4 is 11.8 Å². The average Bonchev–Trinajstić information content (AvgIpc) is 3.37. The van der Waals surface area contributed by atoms with E-state index in [1.165, 1.54) is 0 Å². The summed E-state index contributed by atoms with van der Waals surface area (Å²) in [6.45, 7) is 7.73. The Morgan fingerprint density at radius 2 is 2.00 bits per heavy atom. The molecule has 1 aromatic carbocycles. The third kappa shape index (κ3) is 6.34. The molecule has 0 saturated carbocycles. The number of aromatic nitrogens is 1. The molecule has 0 bridgehead atoms. The van der Waals surface area contributed by atoms with Crippen LogP contribution in [0.5, 0.6) is 0 Å². The van der Waals surface area contributed by atoms with E-state index in [9.17, 15) is 14.7 Å². The van der Waals surface area contributed by atoms with Crippen LogP contribution < -0.4 is 10.6 Å². The predicted octanol–water partition coefficient (Wildman–Crippen LogP) is 3.70. The Hall–Kier alpha value is -3.59. The molecule has 192 valence electrons. The van der Waals surface area contributed by atoms with Crippen LogP contribution in [-0.4, -0.2) is 52.0 Å². The van der Waals surface area contributed by atoms with Gasteiger partial charge < -0.3 is 20.6 Å². The highest BCUT2D eigenvalue weighted by Crippen LogP contribution is 2.25. The van der Waals surface area contributed by atoms with Crippen molar-refractivity contribution in [3.63, 3.8) is 0 Å². The van der Waals surface area contributed by atoms with E-state index in [-0.39, 0.29) is 24.3 Å². The van der Waals surface area contributed by atoms with Gasteiger partial charge in [0, 0.05) is 30.2 Å². The normalized spacial score (nSPS) is 17.6. The molecule has 3 rings (SSSR count). The van der Waals surface area contributed by atoms with Crippen LogP contribution in [0.1, 0.15) is 50.9 Å². The Morgan fingerprint density at radius 1 is 1.28 bits per heavy atom. The van der Waals surface area contributed by atoms with Crippen LogP contribution >= 0.6 is 0 Å². The number of nitrogens with zero attached hydrogens (tertiary/aromatic N) is 3. The minimum Gasteiger partial charge on any atom is -0.394 e. The van der Waals surface area contributed by atoms with E-state index < -0.39 is 18.1 Å². The molecule has 2 heterocycles. The van der Waals surface area contributed by atoms with Crippen LogP contribution in [0.4, 0.5) is 0 Å². The highest BCUT2D eigenvalue weighted by atomic mass is 16.3. The molecule has 0 unspecified atom stereocenters. The molecule has 0 spiro atoms. The molecule has 9 nitrogen and oxygen atoms in total. The SMILES string of the molecule is C/C(=C/N[C@H](C(=O)N1CCC[C@H]1C(=O)N[C@@H](CO)c1ccc(-c2cccnc2C)cc1)C(C)C)N=N. The van der Waals surface area contributed by atoms with Gasteiger partial charge in [0.15, 0.2) is 0 Å². The second-order valence-corrected chi connectivity index (χ2v) is 9.48. The zero-order valence-electron chi connectivity index (χ0n) is 21.4. The van der Waals surface area contributed by atoms with Crippen molar-refractivity contribution in [3.05, 3.63) is 65.7 Å². The van der Waals surface area contributed by atoms with Gasteiger partial charge in [-0.2, -0.15) is 5.11 Å². The van der Waals surface area contributed by atoms with Crippen molar-refractivity contribution in [1.82, 2.24) is 20.5 Å². The van der Waals surface area contributed by atoms with Crippen LogP contribution in [0.3, 0.4) is 0 Å². The number of amides is 2. The second kappa shape index (κ2) is 12.4. The summed E-state index contributed by atoms with van der Waals surface area (Å²) in [7, 11) is 0. The number of rotatable bonds is 10. The summed E-state index contributed by atoms with van der Waals surface area (Å²) in [6, 6.07) is 9.88. The third-order valence-corrected chi connectivity index (χ3v) is 6.55. The second-order valence-electron chi connectivity index (χ2n) is 9.48. The summed E-state index contributed by atoms with van der Waals surface area (Å²) in [5.41, 5.74) is 11.3. The molecule has 4 N–H and O–H groups in total. The van der Waals surface area contributed by atoms with Crippen molar-refractivity contribution in [1.29, 1.82) is 5.53 Å². The molecule has 1 aliphatic rings. The van der Waals surface area contributed by atoms with Gasteiger partial charge in [-0.1, -0.05) is 44.2 Å². The average molecular weight is 493 g/mol. The first-order chi connectivity index (χ1) is 17.3. The quantitative estimate of drug-likeness (QED) is 0.376. The fourth-order valence-electron chi connectivity index (χ4n) is 4.46. The van der Waals surface area contributed by atoms with Crippen LogP contribution in [-0.2, 0) is 9.59 Å². The van der Waals surface area contributed by atoms with Crippen molar-refractivity contribution in [2.45, 2.75) is 58.7 Å². The summed E-state index contributed by atoms with van der Waals surface area (Å²) in [5, 5.41) is 19.4. The fourth-order valence-corrected chi connectivity index (χ4v) is 4.46. The zero-order chi connectivity index (χ0) is 26.2. The van der Waals surface area contributed by atoms with Gasteiger partial charge in [-0.15, -0.1) is 0 Å². The molecule has 2 aromatic rings. The lowest BCUT2D eigenvalue weighted by atomic mass is 10.00. The third-order valence-electron chi connectivity index (χ3n) is 6.55. The Morgan fingerprint density at radius 3 is 2.61 bits per heavy atom. The topological polar surface area (TPSA) is 131 Å². The molecule has 1 aliphatic heterocycles. The smallest absolute Gasteiger partial charge is 0.245 e. The molecule has 2 amide bonds. The van der Waals surface area contributed by atoms with Gasteiger partial charge in [-0.25, -0.2) is 5.53 Å². The van der Waals surface area contributed by atoms with Crippen LogP contribution in [0.2, 0.25) is 0 Å². The van der Waals surface area contributed by atoms with Crippen molar-refractivity contribution in [2.24, 2.45) is 11.0 Å². The molecule has 1 aromatic heterocycles. The standard InChI is InChI=1S/C27H36N6O3/c1-17(2)25(30-15-18(3)32-28)27(36)33-14-6-8-24(33)26(35)31-23(16-34)21-11-9-20(10-12-21)22-7-5-13-29-19(22)4/h5,7,9-13,15,17,23-25,28,30,34H,6,8,14,16H2,1-4H3,(H,31,35)/b18-15-,32-28?/t23-,24-,25-/m0/s1. The maximum absolute atomic E-state index is 13.3. The largest absolute Gasteiger partial charge is 0.394 e. The number of pyridine rings is 1. The van der Waals surface area contributed by atoms with Gasteiger partial charge >= 0.3 is 0 Å². The van der Waals surface area contributed by atoms with Gasteiger partial charge in [-0.05, 0) is 49.8 Å². The van der Waals surface area contributed by atoms with Crippen LogP contribution in [0.15, 0.2) is 59.6 Å². The number of hydrogen-bond donors (Lipinski definition) is 4. The van der Waals surface area contributed by atoms with E-state index in [0.29, 0.717) is 18.7 Å². The number of benzene rings is 1. The van der Waals surface area contributed by atoms with E-state index in [1.54, 1.807) is 24.2 Å². The van der Waals surface area contributed by atoms with Crippen LogP contribution in [0, 0.1) is 18.4 Å². The predicted molar refractivity (Wildman–Crippen MR) is 138 cm³/mol. The zero-order valence-corrected chi connectivity index (χ0v) is 21.4. The summed E-state index contributed by atoms with van der Waals surface area (Å²) in [4.78, 5) is 32.5. The van der Waals surface area contributed by atoms with E-state index in [2.05, 4.69) is 20.7 Å². The summed E-state index contributed by atoms with van der Waals surface area (Å²) in [5.74, 6) is -0.459. The molecular formula is C27H36N6O3. The summed E-state index contributed by atoms with van der Waals surface area (Å²) < 4.78 is 0. The molecule has 3 atom stereocenters. The molecular weight excluding hydrogens is 456 g/mol. The van der Waals surface area contributed by atoms with Crippen molar-refractivity contribution in [2.75, 3.05) is 13.2 Å². The highest BCUT2D eigenvalue weighted by Gasteiger charge is 2.38. The van der Waals surface area contributed by atoms with E-state index in [1.807, 2.05) is 57.2 Å². The lowest BCUT2D eigenvalue weighted by molar-refractivity contribution is -0.141. The maximum atomic E-state index is 13.3. The van der Waals surface area contributed by atoms with Gasteiger partial charge in [0.25, 0.3) is 0 Å². The Kier molecular flexibility index (Phi) is 9.30. The van der Waals surface area contributed by atoms with E-state index in [0.717, 1.165) is 28.8 Å². The number of allylic oxidation sites excluding steroid dienone is 1. The summed E-state index contributed by atoms with van der Waals surface area (Å²) >= 11 is 0. The maximum Gasteiger partial charge on any atom is 0.245 e. The first-order valence-electron chi connectivity index (χ1n) is 12.3. The first kappa shape index (κ1) is 27.0. The molecule has 36 heavy (non-hydrogen) atoms. The number of carbonyl (C=O) groups is 2. The van der Waals surface area contributed by atoms with E-state index in [4.69, 9.17) is 5.53 Å². The van der Waals surface area contributed by atoms with Crippen molar-refractivity contribution in [3.8, 4) is 11.1 Å². The molecule has 1 fully saturated rings. The first-order valence-corrected chi connectivity index (χ1v) is 12.3. The number of aliphatic hydroxyl groups excluding tert-OH is 1.